The van der Waals surface area contributed by atoms with Crippen molar-refractivity contribution in [2.24, 2.45) is 0 Å². The largest absolute Gasteiger partial charge is 0.350 e. The first kappa shape index (κ1) is 7.92. The third-order valence-corrected chi connectivity index (χ3v) is 3.03. The zero-order valence-electron chi connectivity index (χ0n) is 6.44. The van der Waals surface area contributed by atoms with Crippen molar-refractivity contribution in [2.75, 3.05) is 11.5 Å². The van der Waals surface area contributed by atoms with Crippen LogP contribution >= 0.6 is 11.8 Å². The van der Waals surface area contributed by atoms with E-state index >= 15 is 0 Å². The van der Waals surface area contributed by atoms with Gasteiger partial charge in [-0.25, -0.2) is 0 Å². The Morgan fingerprint density at radius 1 is 1.70 bits per heavy atom. The number of carbonyl (C=O) groups is 1. The fourth-order valence-corrected chi connectivity index (χ4v) is 2.60. The Bertz CT molecular complexity index is 141. The van der Waals surface area contributed by atoms with E-state index in [1.807, 2.05) is 11.8 Å². The maximum absolute atomic E-state index is 10.7. The Kier molecular flexibility index (Phi) is 2.24. The number of rotatable bonds is 1. The third kappa shape index (κ3) is 1.90. The molecule has 0 aromatic rings. The normalized spacial score (nSPS) is 32.2. The molecule has 10 heavy (non-hydrogen) atoms. The minimum Gasteiger partial charge on any atom is -0.350 e. The molecule has 58 valence electrons. The highest BCUT2D eigenvalue weighted by atomic mass is 32.2. The Morgan fingerprint density at radius 3 is 2.80 bits per heavy atom. The summed E-state index contributed by atoms with van der Waals surface area (Å²) in [4.78, 5) is 10.7. The van der Waals surface area contributed by atoms with Crippen molar-refractivity contribution in [3.05, 3.63) is 0 Å². The quantitative estimate of drug-likeness (QED) is 0.619. The van der Waals surface area contributed by atoms with Crippen molar-refractivity contribution >= 4 is 17.7 Å². The topological polar surface area (TPSA) is 29.1 Å². The summed E-state index contributed by atoms with van der Waals surface area (Å²) in [7, 11) is 0. The second-order valence-corrected chi connectivity index (χ2v) is 4.15. The van der Waals surface area contributed by atoms with E-state index in [-0.39, 0.29) is 11.4 Å². The fraction of sp³-hybridized carbons (Fsp3) is 0.857. The molecule has 3 heteroatoms. The molecular weight excluding hydrogens is 146 g/mol. The molecule has 0 saturated carbocycles. The SMILES string of the molecule is CC(=O)NC1(C)CCSC1. The Balaban J connectivity index is 2.43. The maximum Gasteiger partial charge on any atom is 0.217 e. The van der Waals surface area contributed by atoms with Crippen LogP contribution in [-0.4, -0.2) is 23.0 Å². The summed E-state index contributed by atoms with van der Waals surface area (Å²) in [6.07, 6.45) is 1.11. The van der Waals surface area contributed by atoms with Gasteiger partial charge in [-0.1, -0.05) is 0 Å². The lowest BCUT2D eigenvalue weighted by Crippen LogP contribution is -2.44. The van der Waals surface area contributed by atoms with Gasteiger partial charge in [-0.15, -0.1) is 0 Å². The van der Waals surface area contributed by atoms with Crippen LogP contribution in [0, 0.1) is 0 Å². The second kappa shape index (κ2) is 2.82. The molecule has 2 nitrogen and oxygen atoms in total. The van der Waals surface area contributed by atoms with Gasteiger partial charge in [0, 0.05) is 18.2 Å². The first-order chi connectivity index (χ1) is 4.62. The highest BCUT2D eigenvalue weighted by molar-refractivity contribution is 7.99. The molecule has 0 aromatic heterocycles. The predicted octanol–water partition coefficient (Wildman–Crippen LogP) is 1.02. The van der Waals surface area contributed by atoms with Crippen LogP contribution < -0.4 is 5.32 Å². The fourth-order valence-electron chi connectivity index (χ4n) is 1.19. The van der Waals surface area contributed by atoms with Gasteiger partial charge in [-0.05, 0) is 19.1 Å². The van der Waals surface area contributed by atoms with Gasteiger partial charge in [-0.2, -0.15) is 11.8 Å². The number of amides is 1. The number of carbonyl (C=O) groups excluding carboxylic acids is 1. The van der Waals surface area contributed by atoms with Gasteiger partial charge >= 0.3 is 0 Å². The second-order valence-electron chi connectivity index (χ2n) is 3.04. The minimum absolute atomic E-state index is 0.0799. The molecular formula is C7H13NOS. The van der Waals surface area contributed by atoms with Gasteiger partial charge < -0.3 is 5.32 Å². The average Bonchev–Trinajstić information content (AvgIpc) is 2.12. The standard InChI is InChI=1S/C7H13NOS/c1-6(9)8-7(2)3-4-10-5-7/h3-5H2,1-2H3,(H,8,9). The summed E-state index contributed by atoms with van der Waals surface area (Å²) < 4.78 is 0. The third-order valence-electron chi connectivity index (χ3n) is 1.70. The van der Waals surface area contributed by atoms with Gasteiger partial charge in [0.05, 0.1) is 0 Å². The lowest BCUT2D eigenvalue weighted by Gasteiger charge is -2.23. The van der Waals surface area contributed by atoms with Crippen molar-refractivity contribution in [1.82, 2.24) is 5.32 Å². The molecule has 1 aliphatic heterocycles. The lowest BCUT2D eigenvalue weighted by molar-refractivity contribution is -0.120. The summed E-state index contributed by atoms with van der Waals surface area (Å²) in [5.74, 6) is 2.33. The molecule has 1 heterocycles. The summed E-state index contributed by atoms with van der Waals surface area (Å²) >= 11 is 1.91. The van der Waals surface area contributed by atoms with Crippen LogP contribution in [0.2, 0.25) is 0 Å². The molecule has 1 amide bonds. The highest BCUT2D eigenvalue weighted by Crippen LogP contribution is 2.26. The average molecular weight is 159 g/mol. The van der Waals surface area contributed by atoms with E-state index in [0.717, 1.165) is 12.2 Å². The lowest BCUT2D eigenvalue weighted by atomic mass is 10.0. The van der Waals surface area contributed by atoms with E-state index in [9.17, 15) is 4.79 Å². The minimum atomic E-state index is 0.0799. The summed E-state index contributed by atoms with van der Waals surface area (Å²) in [6, 6.07) is 0. The van der Waals surface area contributed by atoms with Crippen molar-refractivity contribution in [1.29, 1.82) is 0 Å². The van der Waals surface area contributed by atoms with Crippen molar-refractivity contribution < 1.29 is 4.79 Å². The van der Waals surface area contributed by atoms with Crippen LogP contribution in [0.4, 0.5) is 0 Å². The van der Waals surface area contributed by atoms with E-state index in [2.05, 4.69) is 12.2 Å². The number of thioether (sulfide) groups is 1. The molecule has 1 rings (SSSR count). The van der Waals surface area contributed by atoms with Crippen LogP contribution in [0.3, 0.4) is 0 Å². The van der Waals surface area contributed by atoms with Crippen LogP contribution in [-0.2, 0) is 4.79 Å². The highest BCUT2D eigenvalue weighted by Gasteiger charge is 2.29. The molecule has 0 aliphatic carbocycles. The van der Waals surface area contributed by atoms with E-state index in [0.29, 0.717) is 0 Å². The summed E-state index contributed by atoms with van der Waals surface area (Å²) in [5.41, 5.74) is 0.0799. The molecule has 1 atom stereocenters. The van der Waals surface area contributed by atoms with E-state index in [4.69, 9.17) is 0 Å². The molecule has 0 radical (unpaired) electrons. The molecule has 0 aromatic carbocycles. The molecule has 1 fully saturated rings. The van der Waals surface area contributed by atoms with E-state index < -0.39 is 0 Å². The maximum atomic E-state index is 10.7. The van der Waals surface area contributed by atoms with Gasteiger partial charge in [0.1, 0.15) is 0 Å². The molecule has 1 N–H and O–H groups in total. The van der Waals surface area contributed by atoms with Crippen LogP contribution in [0.25, 0.3) is 0 Å². The zero-order chi connectivity index (χ0) is 7.61. The first-order valence-corrected chi connectivity index (χ1v) is 4.64. The summed E-state index contributed by atoms with van der Waals surface area (Å²) in [6.45, 7) is 3.68. The Morgan fingerprint density at radius 2 is 2.40 bits per heavy atom. The number of hydrogen-bond donors (Lipinski definition) is 1. The van der Waals surface area contributed by atoms with E-state index in [1.165, 1.54) is 5.75 Å². The van der Waals surface area contributed by atoms with Gasteiger partial charge in [0.2, 0.25) is 5.91 Å². The number of nitrogens with one attached hydrogen (secondary N) is 1. The smallest absolute Gasteiger partial charge is 0.217 e. The molecule has 0 spiro atoms. The van der Waals surface area contributed by atoms with Crippen LogP contribution in [0.1, 0.15) is 20.3 Å². The van der Waals surface area contributed by atoms with Crippen LogP contribution in [0.5, 0.6) is 0 Å². The molecule has 1 aliphatic rings. The zero-order valence-corrected chi connectivity index (χ0v) is 7.25. The van der Waals surface area contributed by atoms with Gasteiger partial charge in [-0.3, -0.25) is 4.79 Å². The van der Waals surface area contributed by atoms with Crippen molar-refractivity contribution in [3.63, 3.8) is 0 Å². The van der Waals surface area contributed by atoms with Gasteiger partial charge in [0.25, 0.3) is 0 Å². The molecule has 1 unspecified atom stereocenters. The summed E-state index contributed by atoms with van der Waals surface area (Å²) in [5, 5.41) is 2.96. The predicted molar refractivity (Wildman–Crippen MR) is 44.2 cm³/mol. The monoisotopic (exact) mass is 159 g/mol. The van der Waals surface area contributed by atoms with Crippen molar-refractivity contribution in [3.8, 4) is 0 Å². The number of hydrogen-bond acceptors (Lipinski definition) is 2. The Hall–Kier alpha value is -0.180. The van der Waals surface area contributed by atoms with Gasteiger partial charge in [0.15, 0.2) is 0 Å². The molecule has 1 saturated heterocycles. The van der Waals surface area contributed by atoms with E-state index in [1.54, 1.807) is 6.92 Å². The van der Waals surface area contributed by atoms with Crippen LogP contribution in [0.15, 0.2) is 0 Å². The first-order valence-electron chi connectivity index (χ1n) is 3.49. The molecule has 0 bridgehead atoms. The van der Waals surface area contributed by atoms with Crippen molar-refractivity contribution in [2.45, 2.75) is 25.8 Å². The Labute approximate surface area is 65.8 Å².